The predicted octanol–water partition coefficient (Wildman–Crippen LogP) is 0.137. The lowest BCUT2D eigenvalue weighted by Gasteiger charge is -2.35. The summed E-state index contributed by atoms with van der Waals surface area (Å²) < 4.78 is 7.02. The number of hydrogen-bond donors (Lipinski definition) is 3. The highest BCUT2D eigenvalue weighted by molar-refractivity contribution is 5.82. The van der Waals surface area contributed by atoms with E-state index in [1.54, 1.807) is 29.8 Å². The number of ether oxygens (including phenoxy) is 1. The maximum atomic E-state index is 12.2. The van der Waals surface area contributed by atoms with E-state index >= 15 is 0 Å². The standard InChI is InChI=1S/C18H27N5O4/c1-10(2)16(18(26)22-9-11(24)8-13(22)17(25)19-3)23-12-6-5-7-14(27-4)15(12)20-21-23/h5-7,10-11,13,16,18,24,26H,8-9H2,1-4H3,(H,19,25)/t11-,13+,16?,18?/m1/s1. The van der Waals surface area contributed by atoms with Gasteiger partial charge in [0.2, 0.25) is 5.91 Å². The van der Waals surface area contributed by atoms with Crippen LogP contribution in [-0.4, -0.2) is 75.1 Å². The molecule has 27 heavy (non-hydrogen) atoms. The van der Waals surface area contributed by atoms with Gasteiger partial charge in [-0.25, -0.2) is 4.68 Å². The van der Waals surface area contributed by atoms with Gasteiger partial charge in [0, 0.05) is 13.6 Å². The van der Waals surface area contributed by atoms with Gasteiger partial charge in [0.05, 0.1) is 30.8 Å². The number of likely N-dealkylation sites (tertiary alicyclic amines) is 1. The van der Waals surface area contributed by atoms with Gasteiger partial charge in [0.25, 0.3) is 0 Å². The molecule has 1 fully saturated rings. The molecule has 1 aliphatic heterocycles. The molecule has 0 aliphatic carbocycles. The van der Waals surface area contributed by atoms with Crippen molar-refractivity contribution in [1.29, 1.82) is 0 Å². The number of β-amino-alcohol motifs (C(OH)–C–C–N with tert-alkyl or cyclic N) is 1. The van der Waals surface area contributed by atoms with Gasteiger partial charge in [-0.15, -0.1) is 5.10 Å². The largest absolute Gasteiger partial charge is 0.494 e. The Morgan fingerprint density at radius 3 is 2.78 bits per heavy atom. The average Bonchev–Trinajstić information content (AvgIpc) is 3.24. The number of methoxy groups -OCH3 is 1. The first-order chi connectivity index (χ1) is 12.9. The lowest BCUT2D eigenvalue weighted by atomic mass is 10.0. The Hall–Kier alpha value is -2.23. The summed E-state index contributed by atoms with van der Waals surface area (Å²) in [5.41, 5.74) is 1.35. The molecule has 2 unspecified atom stereocenters. The Labute approximate surface area is 157 Å². The number of hydrogen-bond acceptors (Lipinski definition) is 7. The molecule has 0 radical (unpaired) electrons. The van der Waals surface area contributed by atoms with Crippen LogP contribution in [0.2, 0.25) is 0 Å². The number of fused-ring (bicyclic) bond motifs is 1. The van der Waals surface area contributed by atoms with Crippen LogP contribution in [0.5, 0.6) is 5.75 Å². The lowest BCUT2D eigenvalue weighted by Crippen LogP contribution is -2.51. The number of carbonyl (C=O) groups excluding carboxylic acids is 1. The van der Waals surface area contributed by atoms with Crippen molar-refractivity contribution < 1.29 is 19.7 Å². The van der Waals surface area contributed by atoms with Crippen LogP contribution >= 0.6 is 0 Å². The molecule has 4 atom stereocenters. The van der Waals surface area contributed by atoms with Crippen LogP contribution in [0.3, 0.4) is 0 Å². The van der Waals surface area contributed by atoms with E-state index in [9.17, 15) is 15.0 Å². The van der Waals surface area contributed by atoms with Crippen LogP contribution in [0.15, 0.2) is 18.2 Å². The van der Waals surface area contributed by atoms with E-state index in [2.05, 4.69) is 15.6 Å². The second kappa shape index (κ2) is 7.79. The van der Waals surface area contributed by atoms with Crippen molar-refractivity contribution in [2.45, 2.75) is 44.7 Å². The predicted molar refractivity (Wildman–Crippen MR) is 99.1 cm³/mol. The molecule has 1 aliphatic rings. The van der Waals surface area contributed by atoms with Crippen molar-refractivity contribution >= 4 is 16.9 Å². The lowest BCUT2D eigenvalue weighted by molar-refractivity contribution is -0.131. The first-order valence-electron chi connectivity index (χ1n) is 9.10. The Kier molecular flexibility index (Phi) is 5.64. The van der Waals surface area contributed by atoms with E-state index < -0.39 is 24.4 Å². The number of carbonyl (C=O) groups is 1. The summed E-state index contributed by atoms with van der Waals surface area (Å²) in [5.74, 6) is 0.382. The van der Waals surface area contributed by atoms with Crippen LogP contribution in [0.25, 0.3) is 11.0 Å². The molecule has 0 spiro atoms. The van der Waals surface area contributed by atoms with Gasteiger partial charge in [0.15, 0.2) is 5.52 Å². The quantitative estimate of drug-likeness (QED) is 0.656. The van der Waals surface area contributed by atoms with Crippen LogP contribution in [0.1, 0.15) is 26.3 Å². The van der Waals surface area contributed by atoms with E-state index in [1.807, 2.05) is 26.0 Å². The molecule has 3 N–H and O–H groups in total. The zero-order chi connectivity index (χ0) is 19.7. The van der Waals surface area contributed by atoms with Gasteiger partial charge >= 0.3 is 0 Å². The number of aliphatic hydroxyl groups excluding tert-OH is 2. The van der Waals surface area contributed by atoms with Crippen molar-refractivity contribution in [3.8, 4) is 5.75 Å². The van der Waals surface area contributed by atoms with Crippen LogP contribution in [0.4, 0.5) is 0 Å². The molecule has 9 heteroatoms. The molecule has 2 heterocycles. The third-order valence-electron chi connectivity index (χ3n) is 5.16. The molecule has 1 aromatic carbocycles. The number of nitrogens with zero attached hydrogens (tertiary/aromatic N) is 4. The first-order valence-corrected chi connectivity index (χ1v) is 9.10. The Morgan fingerprint density at radius 1 is 1.41 bits per heavy atom. The maximum Gasteiger partial charge on any atom is 0.237 e. The summed E-state index contributed by atoms with van der Waals surface area (Å²) in [5, 5.41) is 32.3. The van der Waals surface area contributed by atoms with E-state index in [4.69, 9.17) is 4.74 Å². The van der Waals surface area contributed by atoms with E-state index in [-0.39, 0.29) is 24.8 Å². The molecule has 0 bridgehead atoms. The molecule has 0 saturated carbocycles. The second-order valence-corrected chi connectivity index (χ2v) is 7.23. The van der Waals surface area contributed by atoms with Gasteiger partial charge in [-0.3, -0.25) is 9.69 Å². The van der Waals surface area contributed by atoms with Crippen LogP contribution in [-0.2, 0) is 4.79 Å². The average molecular weight is 377 g/mol. The molecular weight excluding hydrogens is 350 g/mol. The molecule has 9 nitrogen and oxygen atoms in total. The zero-order valence-corrected chi connectivity index (χ0v) is 16.0. The highest BCUT2D eigenvalue weighted by atomic mass is 16.5. The fraction of sp³-hybridized carbons (Fsp3) is 0.611. The number of likely N-dealkylation sites (N-methyl/N-ethyl adjacent to an activating group) is 1. The van der Waals surface area contributed by atoms with Crippen molar-refractivity contribution in [3.63, 3.8) is 0 Å². The molecule has 1 amide bonds. The first kappa shape index (κ1) is 19.5. The summed E-state index contributed by atoms with van der Waals surface area (Å²) in [6.45, 7) is 4.17. The van der Waals surface area contributed by atoms with Crippen molar-refractivity contribution in [1.82, 2.24) is 25.2 Å². The van der Waals surface area contributed by atoms with Gasteiger partial charge in [0.1, 0.15) is 12.0 Å². The summed E-state index contributed by atoms with van der Waals surface area (Å²) >= 11 is 0. The highest BCUT2D eigenvalue weighted by Gasteiger charge is 2.43. The smallest absolute Gasteiger partial charge is 0.237 e. The summed E-state index contributed by atoms with van der Waals surface area (Å²) in [4.78, 5) is 13.9. The highest BCUT2D eigenvalue weighted by Crippen LogP contribution is 2.33. The molecule has 1 aromatic heterocycles. The minimum absolute atomic E-state index is 0.000758. The Bertz CT molecular complexity index is 808. The third-order valence-corrected chi connectivity index (χ3v) is 5.16. The number of benzene rings is 1. The minimum Gasteiger partial charge on any atom is -0.494 e. The van der Waals surface area contributed by atoms with Crippen molar-refractivity contribution in [2.75, 3.05) is 20.7 Å². The van der Waals surface area contributed by atoms with E-state index in [0.29, 0.717) is 11.3 Å². The van der Waals surface area contributed by atoms with Gasteiger partial charge in [-0.05, 0) is 24.5 Å². The summed E-state index contributed by atoms with van der Waals surface area (Å²) in [6.07, 6.45) is -1.39. The van der Waals surface area contributed by atoms with E-state index in [1.165, 1.54) is 0 Å². The SMILES string of the molecule is CNC(=O)[C@@H]1C[C@@H](O)CN1C(O)C(C(C)C)n1nnc2c(OC)cccc21. The molecular formula is C18H27N5O4. The van der Waals surface area contributed by atoms with Gasteiger partial charge in [-0.2, -0.15) is 0 Å². The molecule has 3 rings (SSSR count). The number of aliphatic hydroxyl groups is 2. The Morgan fingerprint density at radius 2 is 2.15 bits per heavy atom. The monoisotopic (exact) mass is 377 g/mol. The van der Waals surface area contributed by atoms with Crippen LogP contribution in [0, 0.1) is 5.92 Å². The molecule has 148 valence electrons. The number of nitrogens with one attached hydrogen (secondary N) is 1. The third kappa shape index (κ3) is 3.50. The van der Waals surface area contributed by atoms with Crippen LogP contribution < -0.4 is 10.1 Å². The minimum atomic E-state index is -1.01. The number of rotatable bonds is 6. The fourth-order valence-corrected chi connectivity index (χ4v) is 3.83. The number of aromatic nitrogens is 3. The molecule has 1 saturated heterocycles. The van der Waals surface area contributed by atoms with Crippen molar-refractivity contribution in [2.24, 2.45) is 5.92 Å². The van der Waals surface area contributed by atoms with E-state index in [0.717, 1.165) is 5.52 Å². The van der Waals surface area contributed by atoms with Gasteiger partial charge < -0.3 is 20.3 Å². The fourth-order valence-electron chi connectivity index (χ4n) is 3.83. The maximum absolute atomic E-state index is 12.2. The zero-order valence-electron chi connectivity index (χ0n) is 16.0. The number of amides is 1. The summed E-state index contributed by atoms with van der Waals surface area (Å²) in [6, 6.07) is 4.47. The second-order valence-electron chi connectivity index (χ2n) is 7.23. The topological polar surface area (TPSA) is 113 Å². The summed E-state index contributed by atoms with van der Waals surface area (Å²) in [7, 11) is 3.12. The normalized spacial score (nSPS) is 22.9. The molecule has 2 aromatic rings. The van der Waals surface area contributed by atoms with Crippen molar-refractivity contribution in [3.05, 3.63) is 18.2 Å². The Balaban J connectivity index is 2.00. The van der Waals surface area contributed by atoms with Gasteiger partial charge in [-0.1, -0.05) is 25.1 Å².